The lowest BCUT2D eigenvalue weighted by atomic mass is 10.1. The van der Waals surface area contributed by atoms with Crippen molar-refractivity contribution in [1.82, 2.24) is 4.98 Å². The topological polar surface area (TPSA) is 68.4 Å². The van der Waals surface area contributed by atoms with Crippen molar-refractivity contribution in [2.75, 3.05) is 0 Å². The third-order valence-corrected chi connectivity index (χ3v) is 2.86. The molecule has 0 aliphatic rings. The molecular weight excluding hydrogens is 240 g/mol. The lowest BCUT2D eigenvalue weighted by Crippen LogP contribution is -2.29. The summed E-state index contributed by atoms with van der Waals surface area (Å²) in [4.78, 5) is 4.09. The average Bonchev–Trinajstić information content (AvgIpc) is 2.46. The zero-order valence-corrected chi connectivity index (χ0v) is 10.9. The Hall–Kier alpha value is -1.91. The monoisotopic (exact) mass is 258 g/mol. The molecular formula is C15H18N2O2. The van der Waals surface area contributed by atoms with Crippen LogP contribution in [0.4, 0.5) is 0 Å². The normalized spacial score (nSPS) is 13.8. The zero-order chi connectivity index (χ0) is 13.7. The fourth-order valence-corrected chi connectivity index (χ4v) is 1.84. The van der Waals surface area contributed by atoms with E-state index in [1.165, 1.54) is 0 Å². The Bertz CT molecular complexity index is 497. The van der Waals surface area contributed by atoms with E-state index < -0.39 is 0 Å². The van der Waals surface area contributed by atoms with E-state index in [1.54, 1.807) is 12.4 Å². The number of aromatic nitrogens is 1. The first-order valence-electron chi connectivity index (χ1n) is 6.22. The number of hydrogen-bond acceptors (Lipinski definition) is 4. The molecule has 0 aliphatic heterocycles. The summed E-state index contributed by atoms with van der Waals surface area (Å²) in [6, 6.07) is 11.0. The van der Waals surface area contributed by atoms with Crippen LogP contribution in [0.5, 0.6) is 5.75 Å². The van der Waals surface area contributed by atoms with Gasteiger partial charge in [-0.05, 0) is 30.7 Å². The smallest absolute Gasteiger partial charge is 0.140 e. The van der Waals surface area contributed by atoms with Gasteiger partial charge in [-0.1, -0.05) is 18.2 Å². The van der Waals surface area contributed by atoms with Crippen molar-refractivity contribution in [2.45, 2.75) is 25.7 Å². The van der Waals surface area contributed by atoms with E-state index in [-0.39, 0.29) is 18.8 Å². The third-order valence-electron chi connectivity index (χ3n) is 2.86. The Morgan fingerprint density at radius 2 is 2.00 bits per heavy atom. The Balaban J connectivity index is 2.17. The van der Waals surface area contributed by atoms with Gasteiger partial charge in [0.05, 0.1) is 6.61 Å². The third kappa shape index (κ3) is 3.53. The van der Waals surface area contributed by atoms with Gasteiger partial charge in [0.2, 0.25) is 0 Å². The van der Waals surface area contributed by atoms with Crippen molar-refractivity contribution in [2.24, 2.45) is 5.73 Å². The van der Waals surface area contributed by atoms with Gasteiger partial charge in [0, 0.05) is 24.0 Å². The molecule has 4 nitrogen and oxygen atoms in total. The highest BCUT2D eigenvalue weighted by Gasteiger charge is 2.18. The highest BCUT2D eigenvalue weighted by molar-refractivity contribution is 5.28. The highest BCUT2D eigenvalue weighted by Crippen LogP contribution is 2.23. The molecule has 3 N–H and O–H groups in total. The van der Waals surface area contributed by atoms with Crippen LogP contribution in [0.15, 0.2) is 48.8 Å². The predicted octanol–water partition coefficient (Wildman–Crippen LogP) is 2.04. The van der Waals surface area contributed by atoms with Crippen LogP contribution < -0.4 is 10.5 Å². The van der Waals surface area contributed by atoms with Gasteiger partial charge in [-0.3, -0.25) is 4.98 Å². The largest absolute Gasteiger partial charge is 0.484 e. The molecule has 0 radical (unpaired) electrons. The lowest BCUT2D eigenvalue weighted by molar-refractivity contribution is 0.180. The van der Waals surface area contributed by atoms with Crippen molar-refractivity contribution < 1.29 is 9.84 Å². The molecule has 0 fully saturated rings. The van der Waals surface area contributed by atoms with Crippen LogP contribution in [0.1, 0.15) is 24.2 Å². The SMILES string of the molecule is CC(N)C(Oc1ccc(CO)cc1)c1cccnc1. The van der Waals surface area contributed by atoms with E-state index in [0.29, 0.717) is 0 Å². The van der Waals surface area contributed by atoms with Gasteiger partial charge in [0.25, 0.3) is 0 Å². The van der Waals surface area contributed by atoms with Gasteiger partial charge in [-0.2, -0.15) is 0 Å². The molecule has 2 unspecified atom stereocenters. The molecule has 1 heterocycles. The Kier molecular flexibility index (Phi) is 4.49. The average molecular weight is 258 g/mol. The van der Waals surface area contributed by atoms with Gasteiger partial charge < -0.3 is 15.6 Å². The van der Waals surface area contributed by atoms with Gasteiger partial charge in [0.1, 0.15) is 11.9 Å². The number of rotatable bonds is 5. The van der Waals surface area contributed by atoms with Crippen molar-refractivity contribution in [1.29, 1.82) is 0 Å². The summed E-state index contributed by atoms with van der Waals surface area (Å²) in [6.07, 6.45) is 3.24. The van der Waals surface area contributed by atoms with E-state index >= 15 is 0 Å². The second-order valence-electron chi connectivity index (χ2n) is 4.49. The Morgan fingerprint density at radius 1 is 1.26 bits per heavy atom. The minimum absolute atomic E-state index is 0.0274. The molecule has 2 rings (SSSR count). The molecule has 0 spiro atoms. The number of ether oxygens (including phenoxy) is 1. The Labute approximate surface area is 112 Å². The van der Waals surface area contributed by atoms with E-state index in [0.717, 1.165) is 16.9 Å². The molecule has 0 bridgehead atoms. The fourth-order valence-electron chi connectivity index (χ4n) is 1.84. The maximum absolute atomic E-state index is 9.01. The molecule has 4 heteroatoms. The summed E-state index contributed by atoms with van der Waals surface area (Å²) in [5, 5.41) is 9.01. The van der Waals surface area contributed by atoms with Crippen molar-refractivity contribution in [3.63, 3.8) is 0 Å². The molecule has 19 heavy (non-hydrogen) atoms. The number of nitrogens with zero attached hydrogens (tertiary/aromatic N) is 1. The quantitative estimate of drug-likeness (QED) is 0.861. The van der Waals surface area contributed by atoms with Crippen molar-refractivity contribution in [3.8, 4) is 5.75 Å². The molecule has 0 saturated carbocycles. The van der Waals surface area contributed by atoms with Gasteiger partial charge in [-0.25, -0.2) is 0 Å². The zero-order valence-electron chi connectivity index (χ0n) is 10.9. The molecule has 1 aromatic carbocycles. The number of hydrogen-bond donors (Lipinski definition) is 2. The summed E-state index contributed by atoms with van der Waals surface area (Å²) in [5.74, 6) is 0.725. The Morgan fingerprint density at radius 3 is 2.53 bits per heavy atom. The predicted molar refractivity (Wildman–Crippen MR) is 73.6 cm³/mol. The van der Waals surface area contributed by atoms with Crippen LogP contribution in [0.3, 0.4) is 0 Å². The van der Waals surface area contributed by atoms with Gasteiger partial charge in [0.15, 0.2) is 0 Å². The molecule has 1 aromatic heterocycles. The molecule has 0 saturated heterocycles. The van der Waals surface area contributed by atoms with Crippen LogP contribution in [-0.2, 0) is 6.61 Å². The molecule has 100 valence electrons. The molecule has 2 aromatic rings. The number of aliphatic hydroxyl groups is 1. The summed E-state index contributed by atoms with van der Waals surface area (Å²) in [5.41, 5.74) is 7.78. The molecule has 0 aliphatic carbocycles. The van der Waals surface area contributed by atoms with Crippen LogP contribution in [0, 0.1) is 0 Å². The second kappa shape index (κ2) is 6.31. The van der Waals surface area contributed by atoms with Crippen LogP contribution in [-0.4, -0.2) is 16.1 Å². The van der Waals surface area contributed by atoms with Crippen LogP contribution in [0.25, 0.3) is 0 Å². The first-order valence-corrected chi connectivity index (χ1v) is 6.22. The van der Waals surface area contributed by atoms with Crippen LogP contribution >= 0.6 is 0 Å². The van der Waals surface area contributed by atoms with Gasteiger partial charge >= 0.3 is 0 Å². The van der Waals surface area contributed by atoms with Crippen molar-refractivity contribution >= 4 is 0 Å². The summed E-state index contributed by atoms with van der Waals surface area (Å²) < 4.78 is 5.91. The number of nitrogens with two attached hydrogens (primary N) is 1. The molecule has 0 amide bonds. The minimum Gasteiger partial charge on any atom is -0.484 e. The first kappa shape index (κ1) is 13.5. The fraction of sp³-hybridized carbons (Fsp3) is 0.267. The first-order chi connectivity index (χ1) is 9.20. The van der Waals surface area contributed by atoms with Crippen molar-refractivity contribution in [3.05, 3.63) is 59.9 Å². The maximum atomic E-state index is 9.01. The lowest BCUT2D eigenvalue weighted by Gasteiger charge is -2.22. The number of aliphatic hydroxyl groups excluding tert-OH is 1. The van der Waals surface area contributed by atoms with E-state index in [9.17, 15) is 0 Å². The maximum Gasteiger partial charge on any atom is 0.140 e. The minimum atomic E-state index is -0.242. The molecule has 2 atom stereocenters. The highest BCUT2D eigenvalue weighted by atomic mass is 16.5. The summed E-state index contributed by atoms with van der Waals surface area (Å²) in [6.45, 7) is 1.93. The summed E-state index contributed by atoms with van der Waals surface area (Å²) >= 11 is 0. The van der Waals surface area contributed by atoms with E-state index in [4.69, 9.17) is 15.6 Å². The van der Waals surface area contributed by atoms with Gasteiger partial charge in [-0.15, -0.1) is 0 Å². The second-order valence-corrected chi connectivity index (χ2v) is 4.49. The van der Waals surface area contributed by atoms with E-state index in [1.807, 2.05) is 43.3 Å². The van der Waals surface area contributed by atoms with Crippen LogP contribution in [0.2, 0.25) is 0 Å². The number of pyridine rings is 1. The standard InChI is InChI=1S/C15H18N2O2/c1-11(16)15(13-3-2-8-17-9-13)19-14-6-4-12(10-18)5-7-14/h2-9,11,15,18H,10,16H2,1H3. The van der Waals surface area contributed by atoms with E-state index in [2.05, 4.69) is 4.98 Å². The summed E-state index contributed by atoms with van der Waals surface area (Å²) in [7, 11) is 0. The number of benzene rings is 1.